The van der Waals surface area contributed by atoms with Crippen LogP contribution in [-0.2, 0) is 22.6 Å². The summed E-state index contributed by atoms with van der Waals surface area (Å²) in [6, 6.07) is 27.7. The Hall–Kier alpha value is -3.88. The number of amides is 1. The highest BCUT2D eigenvalue weighted by molar-refractivity contribution is 7.09. The third kappa shape index (κ3) is 8.36. The Bertz CT molecular complexity index is 1420. The second-order valence-electron chi connectivity index (χ2n) is 10.9. The number of carbonyl (C=O) groups excluding carboxylic acids is 2. The zero-order valence-corrected chi connectivity index (χ0v) is 25.3. The molecule has 1 aliphatic heterocycles. The highest BCUT2D eigenvalue weighted by Gasteiger charge is 2.29. The number of piperidine rings is 1. The van der Waals surface area contributed by atoms with Crippen molar-refractivity contribution in [1.82, 2.24) is 14.8 Å². The summed E-state index contributed by atoms with van der Waals surface area (Å²) in [7, 11) is 0. The topological polar surface area (TPSA) is 62.7 Å². The van der Waals surface area contributed by atoms with E-state index in [-0.39, 0.29) is 29.5 Å². The predicted octanol–water partition coefficient (Wildman–Crippen LogP) is 6.92. The Morgan fingerprint density at radius 1 is 0.953 bits per heavy atom. The molecule has 0 unspecified atom stereocenters. The minimum Gasteiger partial charge on any atom is -0.466 e. The van der Waals surface area contributed by atoms with Gasteiger partial charge >= 0.3 is 5.97 Å². The summed E-state index contributed by atoms with van der Waals surface area (Å²) in [6.07, 6.45) is 2.11. The van der Waals surface area contributed by atoms with Crippen LogP contribution in [0.25, 0.3) is 0 Å². The van der Waals surface area contributed by atoms with Crippen molar-refractivity contribution in [2.24, 2.45) is 5.92 Å². The number of nitrogens with zero attached hydrogens (tertiary/aromatic N) is 3. The van der Waals surface area contributed by atoms with E-state index in [0.29, 0.717) is 51.3 Å². The number of ether oxygens (including phenoxy) is 1. The Morgan fingerprint density at radius 2 is 1.58 bits per heavy atom. The van der Waals surface area contributed by atoms with E-state index in [0.717, 1.165) is 23.5 Å². The molecule has 43 heavy (non-hydrogen) atoms. The average molecular weight is 600 g/mol. The van der Waals surface area contributed by atoms with Crippen molar-refractivity contribution in [2.75, 3.05) is 26.2 Å². The highest BCUT2D eigenvalue weighted by Crippen LogP contribution is 2.29. The van der Waals surface area contributed by atoms with E-state index in [9.17, 15) is 14.0 Å². The first-order valence-electron chi connectivity index (χ1n) is 15.0. The van der Waals surface area contributed by atoms with Gasteiger partial charge in [0, 0.05) is 30.9 Å². The molecule has 5 rings (SSSR count). The molecule has 0 N–H and O–H groups in total. The van der Waals surface area contributed by atoms with Crippen molar-refractivity contribution in [3.8, 4) is 0 Å². The van der Waals surface area contributed by atoms with Gasteiger partial charge in [-0.15, -0.1) is 11.3 Å². The Kier molecular flexibility index (Phi) is 10.7. The molecule has 8 heteroatoms. The number of hydrogen-bond donors (Lipinski definition) is 0. The van der Waals surface area contributed by atoms with Gasteiger partial charge in [0.2, 0.25) is 0 Å². The molecule has 0 bridgehead atoms. The lowest BCUT2D eigenvalue weighted by atomic mass is 9.88. The summed E-state index contributed by atoms with van der Waals surface area (Å²) in [5.74, 6) is -0.441. The number of thiazole rings is 1. The number of likely N-dealkylation sites (tertiary alicyclic amines) is 1. The molecule has 0 atom stereocenters. The Balaban J connectivity index is 1.28. The first-order chi connectivity index (χ1) is 21.0. The standard InChI is InChI=1S/C35H38FN3O3S/c1-2-42-35(41)29-17-21-39(22-18-29)34(40)32-25-43-33(37-32)24-38(23-26-13-15-30(36)16-14-26)20-19-31(27-9-5-3-6-10-27)28-11-7-4-8-12-28/h3-16,25,29,31H,2,17-24H2,1H3. The lowest BCUT2D eigenvalue weighted by Crippen LogP contribution is -2.40. The van der Waals surface area contributed by atoms with Gasteiger partial charge in [0.1, 0.15) is 16.5 Å². The number of esters is 1. The molecule has 1 fully saturated rings. The number of halogens is 1. The van der Waals surface area contributed by atoms with E-state index < -0.39 is 0 Å². The third-order valence-corrected chi connectivity index (χ3v) is 8.82. The molecule has 1 amide bonds. The number of rotatable bonds is 12. The highest BCUT2D eigenvalue weighted by atomic mass is 32.1. The van der Waals surface area contributed by atoms with E-state index in [4.69, 9.17) is 9.72 Å². The second-order valence-corrected chi connectivity index (χ2v) is 11.9. The number of carbonyl (C=O) groups is 2. The van der Waals surface area contributed by atoms with Gasteiger partial charge in [0.25, 0.3) is 5.91 Å². The smallest absolute Gasteiger partial charge is 0.309 e. The summed E-state index contributed by atoms with van der Waals surface area (Å²) >= 11 is 1.49. The minimum atomic E-state index is -0.252. The van der Waals surface area contributed by atoms with Gasteiger partial charge in [-0.25, -0.2) is 9.37 Å². The van der Waals surface area contributed by atoms with E-state index in [1.807, 2.05) is 36.6 Å². The Morgan fingerprint density at radius 3 is 2.19 bits per heavy atom. The minimum absolute atomic E-state index is 0.0943. The van der Waals surface area contributed by atoms with Crippen LogP contribution in [0.3, 0.4) is 0 Å². The van der Waals surface area contributed by atoms with E-state index >= 15 is 0 Å². The van der Waals surface area contributed by atoms with Crippen LogP contribution < -0.4 is 0 Å². The molecule has 224 valence electrons. The molecule has 0 saturated carbocycles. The van der Waals surface area contributed by atoms with Gasteiger partial charge in [-0.05, 0) is 61.6 Å². The molecule has 1 aliphatic rings. The van der Waals surface area contributed by atoms with Crippen molar-refractivity contribution < 1.29 is 18.7 Å². The fourth-order valence-corrected chi connectivity index (χ4v) is 6.49. The molecule has 0 aliphatic carbocycles. The van der Waals surface area contributed by atoms with Gasteiger partial charge in [-0.2, -0.15) is 0 Å². The van der Waals surface area contributed by atoms with Crippen LogP contribution in [0.4, 0.5) is 4.39 Å². The molecular formula is C35H38FN3O3S. The number of aromatic nitrogens is 1. The van der Waals surface area contributed by atoms with E-state index in [1.165, 1.54) is 34.6 Å². The third-order valence-electron chi connectivity index (χ3n) is 7.99. The van der Waals surface area contributed by atoms with Gasteiger partial charge in [0.05, 0.1) is 19.1 Å². The van der Waals surface area contributed by atoms with Gasteiger partial charge in [-0.3, -0.25) is 14.5 Å². The lowest BCUT2D eigenvalue weighted by molar-refractivity contribution is -0.149. The van der Waals surface area contributed by atoms with Crippen LogP contribution in [-0.4, -0.2) is 52.9 Å². The van der Waals surface area contributed by atoms with Crippen molar-refractivity contribution in [3.05, 3.63) is 124 Å². The zero-order valence-electron chi connectivity index (χ0n) is 24.5. The first-order valence-corrected chi connectivity index (χ1v) is 15.8. The van der Waals surface area contributed by atoms with Crippen molar-refractivity contribution in [2.45, 2.75) is 45.2 Å². The normalized spacial score (nSPS) is 13.9. The average Bonchev–Trinajstić information content (AvgIpc) is 3.51. The molecule has 1 saturated heterocycles. The SMILES string of the molecule is CCOC(=O)C1CCN(C(=O)c2csc(CN(CCC(c3ccccc3)c3ccccc3)Cc3ccc(F)cc3)n2)CC1. The maximum atomic E-state index is 13.6. The van der Waals surface area contributed by atoms with Crippen LogP contribution in [0.15, 0.2) is 90.3 Å². The van der Waals surface area contributed by atoms with Crippen LogP contribution in [0, 0.1) is 11.7 Å². The molecular weight excluding hydrogens is 561 g/mol. The lowest BCUT2D eigenvalue weighted by Gasteiger charge is -2.30. The maximum absolute atomic E-state index is 13.6. The van der Waals surface area contributed by atoms with E-state index in [1.54, 1.807) is 4.90 Å². The molecule has 1 aromatic heterocycles. The molecule has 4 aromatic rings. The Labute approximate surface area is 257 Å². The van der Waals surface area contributed by atoms with Crippen LogP contribution >= 0.6 is 11.3 Å². The summed E-state index contributed by atoms with van der Waals surface area (Å²) in [5, 5.41) is 2.70. The maximum Gasteiger partial charge on any atom is 0.309 e. The van der Waals surface area contributed by atoms with Gasteiger partial charge in [-0.1, -0.05) is 72.8 Å². The summed E-state index contributed by atoms with van der Waals surface area (Å²) in [6.45, 7) is 5.23. The fourth-order valence-electron chi connectivity index (χ4n) is 5.68. The van der Waals surface area contributed by atoms with Crippen LogP contribution in [0.5, 0.6) is 0 Å². The van der Waals surface area contributed by atoms with Crippen LogP contribution in [0.2, 0.25) is 0 Å². The fraction of sp³-hybridized carbons (Fsp3) is 0.343. The monoisotopic (exact) mass is 599 g/mol. The number of hydrogen-bond acceptors (Lipinski definition) is 6. The van der Waals surface area contributed by atoms with E-state index in [2.05, 4.69) is 53.4 Å². The quantitative estimate of drug-likeness (QED) is 0.166. The molecule has 6 nitrogen and oxygen atoms in total. The predicted molar refractivity (Wildman–Crippen MR) is 167 cm³/mol. The largest absolute Gasteiger partial charge is 0.466 e. The van der Waals surface area contributed by atoms with Crippen LogP contribution in [0.1, 0.15) is 64.3 Å². The molecule has 0 spiro atoms. The van der Waals surface area contributed by atoms with Gasteiger partial charge in [0.15, 0.2) is 0 Å². The zero-order chi connectivity index (χ0) is 30.0. The second kappa shape index (κ2) is 15.0. The number of benzene rings is 3. The molecule has 0 radical (unpaired) electrons. The molecule has 2 heterocycles. The molecule has 3 aromatic carbocycles. The van der Waals surface area contributed by atoms with Crippen molar-refractivity contribution in [3.63, 3.8) is 0 Å². The van der Waals surface area contributed by atoms with Gasteiger partial charge < -0.3 is 9.64 Å². The van der Waals surface area contributed by atoms with Crippen molar-refractivity contribution >= 4 is 23.2 Å². The first kappa shape index (κ1) is 30.6. The van der Waals surface area contributed by atoms with Crippen molar-refractivity contribution in [1.29, 1.82) is 0 Å². The summed E-state index contributed by atoms with van der Waals surface area (Å²) < 4.78 is 18.8. The summed E-state index contributed by atoms with van der Waals surface area (Å²) in [5.41, 5.74) is 4.01. The summed E-state index contributed by atoms with van der Waals surface area (Å²) in [4.78, 5) is 34.2.